The van der Waals surface area contributed by atoms with E-state index in [1.807, 2.05) is 24.6 Å². The number of hydrogen-bond acceptors (Lipinski definition) is 6. The molecule has 0 aromatic carbocycles. The number of aromatic nitrogens is 3. The predicted molar refractivity (Wildman–Crippen MR) is 125 cm³/mol. The van der Waals surface area contributed by atoms with Crippen molar-refractivity contribution in [1.82, 2.24) is 24.6 Å². The van der Waals surface area contributed by atoms with Gasteiger partial charge < -0.3 is 14.5 Å². The van der Waals surface area contributed by atoms with E-state index >= 15 is 0 Å². The smallest absolute Gasteiger partial charge is 0.254 e. The monoisotopic (exact) mass is 455 g/mol. The lowest BCUT2D eigenvalue weighted by molar-refractivity contribution is -0.135. The van der Waals surface area contributed by atoms with E-state index in [0.29, 0.717) is 42.9 Å². The van der Waals surface area contributed by atoms with Gasteiger partial charge in [-0.1, -0.05) is 0 Å². The van der Waals surface area contributed by atoms with Gasteiger partial charge in [-0.3, -0.25) is 9.59 Å². The normalized spacial score (nSPS) is 14.4. The van der Waals surface area contributed by atoms with Gasteiger partial charge in [0, 0.05) is 41.5 Å². The fraction of sp³-hybridized carbons (Fsp3) is 0.478. The molecule has 0 aliphatic carbocycles. The van der Waals surface area contributed by atoms with Gasteiger partial charge in [0.25, 0.3) is 5.91 Å². The van der Waals surface area contributed by atoms with Gasteiger partial charge in [0.05, 0.1) is 42.6 Å². The molecule has 4 rings (SSSR count). The number of pyridine rings is 1. The van der Waals surface area contributed by atoms with Crippen LogP contribution in [0.25, 0.3) is 22.3 Å². The molecule has 0 unspecified atom stereocenters. The highest BCUT2D eigenvalue weighted by Crippen LogP contribution is 2.32. The molecule has 1 fully saturated rings. The summed E-state index contributed by atoms with van der Waals surface area (Å²) in [5.74, 6) is -0.287. The van der Waals surface area contributed by atoms with Crippen LogP contribution in [0, 0.1) is 13.8 Å². The Morgan fingerprint density at radius 1 is 1.22 bits per heavy atom. The number of carbonyl (C=O) groups is 2. The van der Waals surface area contributed by atoms with Gasteiger partial charge in [-0.2, -0.15) is 5.10 Å². The summed E-state index contributed by atoms with van der Waals surface area (Å²) in [4.78, 5) is 36.6. The first-order chi connectivity index (χ1) is 15.3. The molecule has 8 nitrogen and oxygen atoms in total. The van der Waals surface area contributed by atoms with Crippen LogP contribution in [0.15, 0.2) is 18.3 Å². The predicted octanol–water partition coefficient (Wildman–Crippen LogP) is 3.29. The summed E-state index contributed by atoms with van der Waals surface area (Å²) in [6.07, 6.45) is 1.70. The zero-order chi connectivity index (χ0) is 23.0. The molecule has 0 spiro atoms. The largest absolute Gasteiger partial charge is 0.378 e. The molecular formula is C23H29N5O3S. The van der Waals surface area contributed by atoms with Crippen molar-refractivity contribution < 1.29 is 14.3 Å². The van der Waals surface area contributed by atoms with Gasteiger partial charge in [0.15, 0.2) is 5.65 Å². The SMILES string of the molecule is Cc1cc(-c2cc(C(=O)N(C)CC(=O)N3CCOCC3)c3cnn(C(C)C)c3n2)c(C)s1. The number of fused-ring (bicyclic) bond motifs is 1. The molecule has 0 atom stereocenters. The second-order valence-corrected chi connectivity index (χ2v) is 9.92. The van der Waals surface area contributed by atoms with Crippen molar-refractivity contribution in [3.8, 4) is 11.3 Å². The summed E-state index contributed by atoms with van der Waals surface area (Å²) in [6, 6.07) is 4.04. The summed E-state index contributed by atoms with van der Waals surface area (Å²) in [5.41, 5.74) is 2.96. The third-order valence-corrected chi connectivity index (χ3v) is 6.65. The van der Waals surface area contributed by atoms with Crippen molar-refractivity contribution in [2.75, 3.05) is 39.9 Å². The van der Waals surface area contributed by atoms with Crippen LogP contribution >= 0.6 is 11.3 Å². The van der Waals surface area contributed by atoms with Crippen molar-refractivity contribution >= 4 is 34.2 Å². The van der Waals surface area contributed by atoms with E-state index in [9.17, 15) is 9.59 Å². The molecule has 32 heavy (non-hydrogen) atoms. The maximum atomic E-state index is 13.5. The Morgan fingerprint density at radius 2 is 1.94 bits per heavy atom. The second-order valence-electron chi connectivity index (χ2n) is 8.46. The van der Waals surface area contributed by atoms with Gasteiger partial charge in [0.1, 0.15) is 0 Å². The number of carbonyl (C=O) groups excluding carboxylic acids is 2. The highest BCUT2D eigenvalue weighted by Gasteiger charge is 2.25. The van der Waals surface area contributed by atoms with Crippen molar-refractivity contribution in [2.45, 2.75) is 33.7 Å². The molecule has 170 valence electrons. The number of likely N-dealkylation sites (N-methyl/N-ethyl adjacent to an activating group) is 1. The zero-order valence-electron chi connectivity index (χ0n) is 19.2. The number of amides is 2. The molecule has 3 aromatic rings. The lowest BCUT2D eigenvalue weighted by Crippen LogP contribution is -2.46. The van der Waals surface area contributed by atoms with Crippen molar-refractivity contribution in [3.05, 3.63) is 33.6 Å². The Hall–Kier alpha value is -2.78. The molecular weight excluding hydrogens is 426 g/mol. The minimum atomic E-state index is -0.215. The second kappa shape index (κ2) is 8.99. The molecule has 3 aromatic heterocycles. The van der Waals surface area contributed by atoms with E-state index in [0.717, 1.165) is 16.1 Å². The van der Waals surface area contributed by atoms with E-state index in [1.165, 1.54) is 9.78 Å². The van der Waals surface area contributed by atoms with Crippen LogP contribution in [0.3, 0.4) is 0 Å². The average Bonchev–Trinajstić information content (AvgIpc) is 3.35. The fourth-order valence-electron chi connectivity index (χ4n) is 3.99. The highest BCUT2D eigenvalue weighted by atomic mass is 32.1. The molecule has 2 amide bonds. The Morgan fingerprint density at radius 3 is 2.56 bits per heavy atom. The zero-order valence-corrected chi connectivity index (χ0v) is 20.0. The van der Waals surface area contributed by atoms with Gasteiger partial charge in [-0.05, 0) is 39.8 Å². The molecule has 1 saturated heterocycles. The van der Waals surface area contributed by atoms with Gasteiger partial charge >= 0.3 is 0 Å². The molecule has 4 heterocycles. The summed E-state index contributed by atoms with van der Waals surface area (Å²) >= 11 is 1.71. The standard InChI is InChI=1S/C23H29N5O3S/c1-14(2)28-22-19(12-24-28)18(11-20(25-22)17-10-15(3)32-16(17)4)23(30)26(5)13-21(29)27-6-8-31-9-7-27/h10-12,14H,6-9,13H2,1-5H3. The third kappa shape index (κ3) is 4.27. The number of aryl methyl sites for hydroxylation is 2. The van der Waals surface area contributed by atoms with Gasteiger partial charge in [0.2, 0.25) is 5.91 Å². The van der Waals surface area contributed by atoms with Gasteiger partial charge in [-0.15, -0.1) is 11.3 Å². The van der Waals surface area contributed by atoms with E-state index < -0.39 is 0 Å². The Labute approximate surface area is 191 Å². The summed E-state index contributed by atoms with van der Waals surface area (Å²) in [5, 5.41) is 5.19. The van der Waals surface area contributed by atoms with E-state index in [4.69, 9.17) is 9.72 Å². The maximum absolute atomic E-state index is 13.5. The molecule has 1 aliphatic rings. The van der Waals surface area contributed by atoms with Crippen LogP contribution < -0.4 is 0 Å². The van der Waals surface area contributed by atoms with Crippen molar-refractivity contribution in [1.29, 1.82) is 0 Å². The maximum Gasteiger partial charge on any atom is 0.254 e. The third-order valence-electron chi connectivity index (χ3n) is 5.69. The van der Waals surface area contributed by atoms with E-state index in [-0.39, 0.29) is 24.4 Å². The lowest BCUT2D eigenvalue weighted by atomic mass is 10.1. The first-order valence-corrected chi connectivity index (χ1v) is 11.6. The minimum Gasteiger partial charge on any atom is -0.378 e. The molecule has 0 radical (unpaired) electrons. The van der Waals surface area contributed by atoms with E-state index in [2.05, 4.69) is 25.0 Å². The van der Waals surface area contributed by atoms with Crippen LogP contribution in [-0.4, -0.2) is 76.3 Å². The lowest BCUT2D eigenvalue weighted by Gasteiger charge is -2.28. The molecule has 1 aliphatic heterocycles. The van der Waals surface area contributed by atoms with Crippen LogP contribution in [0.4, 0.5) is 0 Å². The highest BCUT2D eigenvalue weighted by molar-refractivity contribution is 7.12. The Bertz CT molecular complexity index is 1160. The average molecular weight is 456 g/mol. The van der Waals surface area contributed by atoms with Crippen molar-refractivity contribution in [3.63, 3.8) is 0 Å². The number of rotatable bonds is 5. The van der Waals surface area contributed by atoms with Crippen molar-refractivity contribution in [2.24, 2.45) is 0 Å². The first-order valence-electron chi connectivity index (χ1n) is 10.8. The minimum absolute atomic E-state index is 0.0207. The van der Waals surface area contributed by atoms with Crippen LogP contribution in [0.5, 0.6) is 0 Å². The first kappa shape index (κ1) is 22.4. The molecule has 9 heteroatoms. The number of thiophene rings is 1. The Balaban J connectivity index is 1.72. The van der Waals surface area contributed by atoms with Gasteiger partial charge in [-0.25, -0.2) is 9.67 Å². The Kier molecular flexibility index (Phi) is 6.30. The summed E-state index contributed by atoms with van der Waals surface area (Å²) in [7, 11) is 1.67. The summed E-state index contributed by atoms with van der Waals surface area (Å²) < 4.78 is 7.15. The fourth-order valence-corrected chi connectivity index (χ4v) is 4.92. The number of hydrogen-bond donors (Lipinski definition) is 0. The topological polar surface area (TPSA) is 80.6 Å². The van der Waals surface area contributed by atoms with Crippen LogP contribution in [-0.2, 0) is 9.53 Å². The number of ether oxygens (including phenoxy) is 1. The summed E-state index contributed by atoms with van der Waals surface area (Å²) in [6.45, 7) is 10.4. The van der Waals surface area contributed by atoms with E-state index in [1.54, 1.807) is 29.5 Å². The molecule has 0 bridgehead atoms. The number of nitrogens with zero attached hydrogens (tertiary/aromatic N) is 5. The quantitative estimate of drug-likeness (QED) is 0.590. The molecule has 0 saturated carbocycles. The van der Waals surface area contributed by atoms with Crippen LogP contribution in [0.1, 0.15) is 40.0 Å². The number of morpholine rings is 1. The van der Waals surface area contributed by atoms with Crippen LogP contribution in [0.2, 0.25) is 0 Å². The molecule has 0 N–H and O–H groups in total.